The zero-order chi connectivity index (χ0) is 25.0. The molecule has 0 saturated carbocycles. The third-order valence-corrected chi connectivity index (χ3v) is 7.32. The van der Waals surface area contributed by atoms with E-state index < -0.39 is 28.3 Å². The average Bonchev–Trinajstić information content (AvgIpc) is 2.84. The monoisotopic (exact) mass is 537 g/mol. The van der Waals surface area contributed by atoms with Crippen molar-refractivity contribution in [2.45, 2.75) is 4.90 Å². The van der Waals surface area contributed by atoms with Gasteiger partial charge in [-0.1, -0.05) is 29.3 Å². The van der Waals surface area contributed by atoms with Gasteiger partial charge in [-0.25, -0.2) is 18.2 Å². The summed E-state index contributed by atoms with van der Waals surface area (Å²) in [6.45, 7) is -0.0229. The van der Waals surface area contributed by atoms with Crippen LogP contribution < -0.4 is 19.2 Å². The third-order valence-electron chi connectivity index (χ3n) is 4.89. The first kappa shape index (κ1) is 24.8. The second-order valence-electron chi connectivity index (χ2n) is 7.22. The number of sulfonamides is 1. The van der Waals surface area contributed by atoms with Crippen molar-refractivity contribution in [2.24, 2.45) is 5.10 Å². The van der Waals surface area contributed by atoms with Crippen LogP contribution in [0.15, 0.2) is 70.7 Å². The SMILES string of the molecule is O=C(CN(c1ccc(F)cc1)S(=O)(=O)c1ccc2c(c1)OCCO2)N/N=C\c1c(Cl)cccc1Cl. The van der Waals surface area contributed by atoms with E-state index in [0.29, 0.717) is 28.0 Å². The van der Waals surface area contributed by atoms with Gasteiger partial charge in [-0.3, -0.25) is 9.10 Å². The number of carbonyl (C=O) groups is 1. The van der Waals surface area contributed by atoms with Crippen molar-refractivity contribution in [1.82, 2.24) is 5.43 Å². The highest BCUT2D eigenvalue weighted by Crippen LogP contribution is 2.34. The molecule has 4 rings (SSSR count). The summed E-state index contributed by atoms with van der Waals surface area (Å²) in [4.78, 5) is 12.5. The van der Waals surface area contributed by atoms with E-state index >= 15 is 0 Å². The summed E-state index contributed by atoms with van der Waals surface area (Å²) in [5, 5.41) is 4.47. The average molecular weight is 538 g/mol. The van der Waals surface area contributed by atoms with Gasteiger partial charge in [0.15, 0.2) is 11.5 Å². The topological polar surface area (TPSA) is 97.3 Å². The molecule has 0 aliphatic carbocycles. The summed E-state index contributed by atoms with van der Waals surface area (Å²) in [5.41, 5.74) is 2.72. The van der Waals surface area contributed by atoms with Crippen LogP contribution in [0.5, 0.6) is 11.5 Å². The molecule has 182 valence electrons. The van der Waals surface area contributed by atoms with Gasteiger partial charge in [-0.15, -0.1) is 0 Å². The number of fused-ring (bicyclic) bond motifs is 1. The molecule has 1 amide bonds. The standard InChI is InChI=1S/C23H18Cl2FN3O5S/c24-19-2-1-3-20(25)18(19)13-27-28-23(30)14-29(16-6-4-15(26)5-7-16)35(31,32)17-8-9-21-22(12-17)34-11-10-33-21/h1-9,12-13H,10-11,14H2,(H,28,30)/b27-13-. The number of hydrazone groups is 1. The zero-order valence-electron chi connectivity index (χ0n) is 17.9. The molecule has 1 heterocycles. The number of anilines is 1. The summed E-state index contributed by atoms with van der Waals surface area (Å²) >= 11 is 12.1. The van der Waals surface area contributed by atoms with Crippen LogP contribution in [0.3, 0.4) is 0 Å². The summed E-state index contributed by atoms with van der Waals surface area (Å²) in [6.07, 6.45) is 1.25. The number of nitrogens with one attached hydrogen (secondary N) is 1. The van der Waals surface area contributed by atoms with Crippen LogP contribution in [-0.2, 0) is 14.8 Å². The minimum atomic E-state index is -4.27. The van der Waals surface area contributed by atoms with Crippen molar-refractivity contribution in [1.29, 1.82) is 0 Å². The molecule has 1 N–H and O–H groups in total. The van der Waals surface area contributed by atoms with E-state index in [4.69, 9.17) is 32.7 Å². The van der Waals surface area contributed by atoms with Crippen LogP contribution in [-0.4, -0.2) is 40.3 Å². The Hall–Kier alpha value is -3.34. The Morgan fingerprint density at radius 3 is 2.37 bits per heavy atom. The molecule has 3 aromatic rings. The van der Waals surface area contributed by atoms with Gasteiger partial charge >= 0.3 is 0 Å². The minimum Gasteiger partial charge on any atom is -0.486 e. The van der Waals surface area contributed by atoms with Gasteiger partial charge in [0, 0.05) is 11.6 Å². The molecular weight excluding hydrogens is 520 g/mol. The number of hydrogen-bond donors (Lipinski definition) is 1. The maximum atomic E-state index is 13.5. The van der Waals surface area contributed by atoms with Gasteiger partial charge < -0.3 is 9.47 Å². The lowest BCUT2D eigenvalue weighted by Crippen LogP contribution is -2.39. The van der Waals surface area contributed by atoms with Crippen LogP contribution >= 0.6 is 23.2 Å². The van der Waals surface area contributed by atoms with E-state index in [1.807, 2.05) is 0 Å². The molecule has 0 atom stereocenters. The second-order valence-corrected chi connectivity index (χ2v) is 9.90. The lowest BCUT2D eigenvalue weighted by Gasteiger charge is -2.25. The molecule has 0 unspecified atom stereocenters. The van der Waals surface area contributed by atoms with Gasteiger partial charge in [-0.2, -0.15) is 5.10 Å². The Labute approximate surface area is 210 Å². The number of rotatable bonds is 7. The maximum Gasteiger partial charge on any atom is 0.264 e. The molecule has 0 bridgehead atoms. The fourth-order valence-electron chi connectivity index (χ4n) is 3.20. The van der Waals surface area contributed by atoms with Gasteiger partial charge in [0.05, 0.1) is 26.8 Å². The van der Waals surface area contributed by atoms with Crippen molar-refractivity contribution in [3.8, 4) is 11.5 Å². The number of amides is 1. The third kappa shape index (κ3) is 5.67. The van der Waals surface area contributed by atoms with E-state index in [1.54, 1.807) is 18.2 Å². The normalized spacial score (nSPS) is 13.0. The van der Waals surface area contributed by atoms with Crippen LogP contribution in [0.2, 0.25) is 10.0 Å². The van der Waals surface area contributed by atoms with Crippen molar-refractivity contribution in [3.05, 3.63) is 82.1 Å². The Bertz CT molecular complexity index is 1360. The second kappa shape index (κ2) is 10.5. The Kier molecular flexibility index (Phi) is 7.44. The van der Waals surface area contributed by atoms with Gasteiger partial charge in [0.2, 0.25) is 0 Å². The largest absolute Gasteiger partial charge is 0.486 e. The molecule has 0 spiro atoms. The predicted molar refractivity (Wildman–Crippen MR) is 131 cm³/mol. The number of ether oxygens (including phenoxy) is 2. The molecule has 1 aliphatic heterocycles. The predicted octanol–water partition coefficient (Wildman–Crippen LogP) is 4.25. The zero-order valence-corrected chi connectivity index (χ0v) is 20.3. The highest BCUT2D eigenvalue weighted by atomic mass is 35.5. The number of benzene rings is 3. The molecule has 0 fully saturated rings. The molecule has 0 aromatic heterocycles. The molecular formula is C23H18Cl2FN3O5S. The van der Waals surface area contributed by atoms with E-state index in [9.17, 15) is 17.6 Å². The first-order valence-corrected chi connectivity index (χ1v) is 12.4. The van der Waals surface area contributed by atoms with E-state index in [1.165, 1.54) is 36.5 Å². The van der Waals surface area contributed by atoms with E-state index in [-0.39, 0.29) is 22.9 Å². The first-order valence-electron chi connectivity index (χ1n) is 10.2. The smallest absolute Gasteiger partial charge is 0.264 e. The summed E-state index contributed by atoms with van der Waals surface area (Å²) in [7, 11) is -4.27. The summed E-state index contributed by atoms with van der Waals surface area (Å²) in [6, 6.07) is 13.7. The lowest BCUT2D eigenvalue weighted by atomic mass is 10.2. The maximum absolute atomic E-state index is 13.5. The van der Waals surface area contributed by atoms with Crippen LogP contribution in [0, 0.1) is 5.82 Å². The fraction of sp³-hybridized carbons (Fsp3) is 0.130. The van der Waals surface area contributed by atoms with Crippen LogP contribution in [0.25, 0.3) is 0 Å². The molecule has 12 heteroatoms. The lowest BCUT2D eigenvalue weighted by molar-refractivity contribution is -0.119. The van der Waals surface area contributed by atoms with E-state index in [2.05, 4.69) is 10.5 Å². The number of halogens is 3. The van der Waals surface area contributed by atoms with Gasteiger partial charge in [0.1, 0.15) is 25.6 Å². The fourth-order valence-corrected chi connectivity index (χ4v) is 5.13. The quantitative estimate of drug-likeness (QED) is 0.359. The molecule has 1 aliphatic rings. The van der Waals surface area contributed by atoms with Gasteiger partial charge in [-0.05, 0) is 48.5 Å². The minimum absolute atomic E-state index is 0.0783. The number of carbonyl (C=O) groups excluding carboxylic acids is 1. The van der Waals surface area contributed by atoms with Crippen LogP contribution in [0.4, 0.5) is 10.1 Å². The number of nitrogens with zero attached hydrogens (tertiary/aromatic N) is 2. The van der Waals surface area contributed by atoms with Gasteiger partial charge in [0.25, 0.3) is 15.9 Å². The number of hydrogen-bond acceptors (Lipinski definition) is 6. The first-order chi connectivity index (χ1) is 16.8. The molecule has 0 saturated heterocycles. The molecule has 0 radical (unpaired) electrons. The van der Waals surface area contributed by atoms with Crippen molar-refractivity contribution in [3.63, 3.8) is 0 Å². The summed E-state index contributed by atoms with van der Waals surface area (Å²) in [5.74, 6) is -0.637. The van der Waals surface area contributed by atoms with Crippen molar-refractivity contribution >= 4 is 51.0 Å². The Morgan fingerprint density at radius 2 is 1.69 bits per heavy atom. The Balaban J connectivity index is 1.60. The highest BCUT2D eigenvalue weighted by Gasteiger charge is 2.29. The Morgan fingerprint density at radius 1 is 1.03 bits per heavy atom. The summed E-state index contributed by atoms with van der Waals surface area (Å²) < 4.78 is 52.3. The van der Waals surface area contributed by atoms with Crippen molar-refractivity contribution < 1.29 is 27.1 Å². The highest BCUT2D eigenvalue weighted by molar-refractivity contribution is 7.92. The van der Waals surface area contributed by atoms with Crippen molar-refractivity contribution in [2.75, 3.05) is 24.1 Å². The molecule has 35 heavy (non-hydrogen) atoms. The molecule has 8 nitrogen and oxygen atoms in total. The molecule has 3 aromatic carbocycles. The van der Waals surface area contributed by atoms with E-state index in [0.717, 1.165) is 16.4 Å². The van der Waals surface area contributed by atoms with Crippen LogP contribution in [0.1, 0.15) is 5.56 Å².